The molecule has 0 radical (unpaired) electrons. The molecular formula is C18H18N4. The van der Waals surface area contributed by atoms with Crippen LogP contribution in [0, 0.1) is 11.8 Å². The van der Waals surface area contributed by atoms with Crippen molar-refractivity contribution in [2.75, 3.05) is 5.73 Å². The van der Waals surface area contributed by atoms with Crippen molar-refractivity contribution in [2.45, 2.75) is 26.2 Å². The Balaban J connectivity index is 1.98. The molecule has 4 nitrogen and oxygen atoms in total. The Morgan fingerprint density at radius 3 is 2.64 bits per heavy atom. The van der Waals surface area contributed by atoms with E-state index >= 15 is 0 Å². The summed E-state index contributed by atoms with van der Waals surface area (Å²) in [7, 11) is 0. The predicted molar refractivity (Wildman–Crippen MR) is 88.5 cm³/mol. The molecule has 0 bridgehead atoms. The number of nitrogen functional groups attached to an aromatic ring is 1. The molecule has 0 aliphatic rings. The molecule has 0 unspecified atom stereocenters. The van der Waals surface area contributed by atoms with Gasteiger partial charge in [0.25, 0.3) is 0 Å². The Morgan fingerprint density at radius 2 is 1.91 bits per heavy atom. The minimum Gasteiger partial charge on any atom is -0.398 e. The largest absolute Gasteiger partial charge is 0.398 e. The van der Waals surface area contributed by atoms with Gasteiger partial charge in [-0.25, -0.2) is 9.50 Å². The molecule has 0 aliphatic heterocycles. The quantitative estimate of drug-likeness (QED) is 0.511. The van der Waals surface area contributed by atoms with Crippen LogP contribution in [0.1, 0.15) is 37.6 Å². The molecule has 1 aromatic carbocycles. The zero-order chi connectivity index (χ0) is 15.7. The van der Waals surface area contributed by atoms with Crippen molar-refractivity contribution in [1.82, 2.24) is 14.6 Å². The summed E-state index contributed by atoms with van der Waals surface area (Å²) in [6, 6.07) is 9.57. The number of hydrogen-bond acceptors (Lipinski definition) is 3. The first-order chi connectivity index (χ1) is 10.4. The number of nitrogens with zero attached hydrogens (tertiary/aromatic N) is 3. The maximum absolute atomic E-state index is 5.89. The molecule has 110 valence electrons. The number of rotatable bonds is 0. The van der Waals surface area contributed by atoms with E-state index in [1.807, 2.05) is 36.5 Å². The molecule has 0 aliphatic carbocycles. The van der Waals surface area contributed by atoms with E-state index in [4.69, 9.17) is 5.73 Å². The van der Waals surface area contributed by atoms with Crippen molar-refractivity contribution >= 4 is 11.3 Å². The Bertz CT molecular complexity index is 889. The third-order valence-corrected chi connectivity index (χ3v) is 3.38. The highest BCUT2D eigenvalue weighted by Crippen LogP contribution is 2.21. The van der Waals surface area contributed by atoms with E-state index in [1.165, 1.54) is 0 Å². The molecule has 0 atom stereocenters. The minimum absolute atomic E-state index is 0.00195. The first-order valence-electron chi connectivity index (χ1n) is 7.16. The summed E-state index contributed by atoms with van der Waals surface area (Å²) in [6.45, 7) is 6.40. The van der Waals surface area contributed by atoms with E-state index in [0.717, 1.165) is 22.5 Å². The molecule has 2 N–H and O–H groups in total. The predicted octanol–water partition coefficient (Wildman–Crippen LogP) is 3.01. The lowest BCUT2D eigenvalue weighted by Crippen LogP contribution is -2.11. The van der Waals surface area contributed by atoms with Crippen molar-refractivity contribution in [3.63, 3.8) is 0 Å². The maximum atomic E-state index is 5.89. The van der Waals surface area contributed by atoms with Gasteiger partial charge in [-0.15, -0.1) is 0 Å². The van der Waals surface area contributed by atoms with Gasteiger partial charge in [0.15, 0.2) is 5.65 Å². The van der Waals surface area contributed by atoms with Crippen LogP contribution in [0.3, 0.4) is 0 Å². The van der Waals surface area contributed by atoms with Gasteiger partial charge in [0.1, 0.15) is 0 Å². The summed E-state index contributed by atoms with van der Waals surface area (Å²) < 4.78 is 1.78. The number of benzene rings is 1. The fraction of sp³-hybridized carbons (Fsp3) is 0.222. The highest BCUT2D eigenvalue weighted by Gasteiger charge is 2.17. The molecule has 4 heteroatoms. The molecule has 3 rings (SSSR count). The van der Waals surface area contributed by atoms with Gasteiger partial charge in [-0.3, -0.25) is 0 Å². The zero-order valence-corrected chi connectivity index (χ0v) is 13.0. The summed E-state index contributed by atoms with van der Waals surface area (Å²) in [5, 5.41) is 4.58. The van der Waals surface area contributed by atoms with Crippen LogP contribution < -0.4 is 5.73 Å². The van der Waals surface area contributed by atoms with Crippen molar-refractivity contribution in [3.05, 3.63) is 59.5 Å². The molecule has 2 heterocycles. The summed E-state index contributed by atoms with van der Waals surface area (Å²) in [4.78, 5) is 4.42. The highest BCUT2D eigenvalue weighted by molar-refractivity contribution is 5.57. The third kappa shape index (κ3) is 2.79. The van der Waals surface area contributed by atoms with E-state index in [-0.39, 0.29) is 5.41 Å². The Hall–Kier alpha value is -2.80. The molecule has 0 saturated heterocycles. The molecular weight excluding hydrogens is 272 g/mol. The number of anilines is 1. The van der Waals surface area contributed by atoms with Crippen LogP contribution in [0.5, 0.6) is 0 Å². The van der Waals surface area contributed by atoms with Crippen LogP contribution in [0.25, 0.3) is 5.65 Å². The number of hydrogen-bond donors (Lipinski definition) is 1. The van der Waals surface area contributed by atoms with E-state index in [2.05, 4.69) is 42.7 Å². The van der Waals surface area contributed by atoms with Crippen LogP contribution in [0.2, 0.25) is 0 Å². The molecule has 3 aromatic rings. The van der Waals surface area contributed by atoms with Crippen molar-refractivity contribution < 1.29 is 0 Å². The maximum Gasteiger partial charge on any atom is 0.155 e. The smallest absolute Gasteiger partial charge is 0.155 e. The summed E-state index contributed by atoms with van der Waals surface area (Å²) in [5.74, 6) is 6.16. The highest BCUT2D eigenvalue weighted by atomic mass is 15.2. The van der Waals surface area contributed by atoms with Gasteiger partial charge in [-0.2, -0.15) is 5.10 Å². The second kappa shape index (κ2) is 5.19. The normalized spacial score (nSPS) is 11.2. The average Bonchev–Trinajstić information content (AvgIpc) is 2.90. The Kier molecular flexibility index (Phi) is 3.34. The second-order valence-electron chi connectivity index (χ2n) is 6.26. The van der Waals surface area contributed by atoms with Gasteiger partial charge in [0, 0.05) is 35.1 Å². The zero-order valence-electron chi connectivity index (χ0n) is 13.0. The van der Waals surface area contributed by atoms with Gasteiger partial charge in [0.2, 0.25) is 0 Å². The van der Waals surface area contributed by atoms with Crippen molar-refractivity contribution in [3.8, 4) is 11.8 Å². The molecule has 0 fully saturated rings. The van der Waals surface area contributed by atoms with E-state index in [9.17, 15) is 0 Å². The number of aromatic nitrogens is 3. The van der Waals surface area contributed by atoms with Crippen LogP contribution in [-0.4, -0.2) is 14.6 Å². The lowest BCUT2D eigenvalue weighted by Gasteiger charge is -2.13. The standard InChI is InChI=1S/C18H18N4/c1-18(2,3)16-10-17-20-11-13(12-22(17)21-16)8-9-14-6-4-5-7-15(14)19/h4-7,10-12H,19H2,1-3H3. The number of fused-ring (bicyclic) bond motifs is 1. The van der Waals surface area contributed by atoms with Gasteiger partial charge in [-0.1, -0.05) is 44.7 Å². The van der Waals surface area contributed by atoms with Crippen molar-refractivity contribution in [2.24, 2.45) is 0 Å². The molecule has 0 amide bonds. The fourth-order valence-electron chi connectivity index (χ4n) is 2.06. The lowest BCUT2D eigenvalue weighted by atomic mass is 9.93. The second-order valence-corrected chi connectivity index (χ2v) is 6.26. The molecule has 22 heavy (non-hydrogen) atoms. The lowest BCUT2D eigenvalue weighted by molar-refractivity contribution is 0.562. The first kappa shape index (κ1) is 14.2. The average molecular weight is 290 g/mol. The van der Waals surface area contributed by atoms with E-state index in [0.29, 0.717) is 5.69 Å². The Labute approximate surface area is 130 Å². The summed E-state index contributed by atoms with van der Waals surface area (Å²) >= 11 is 0. The number of para-hydroxylation sites is 1. The van der Waals surface area contributed by atoms with Gasteiger partial charge < -0.3 is 5.73 Å². The molecule has 0 saturated carbocycles. The van der Waals surface area contributed by atoms with Gasteiger partial charge in [0.05, 0.1) is 11.3 Å². The topological polar surface area (TPSA) is 56.2 Å². The number of nitrogens with two attached hydrogens (primary N) is 1. The summed E-state index contributed by atoms with van der Waals surface area (Å²) in [5.41, 5.74) is 10.0. The molecule has 0 spiro atoms. The SMILES string of the molecule is CC(C)(C)c1cc2ncc(C#Cc3ccccc3N)cn2n1. The van der Waals surface area contributed by atoms with Crippen LogP contribution >= 0.6 is 0 Å². The Morgan fingerprint density at radius 1 is 1.14 bits per heavy atom. The van der Waals surface area contributed by atoms with Gasteiger partial charge in [-0.05, 0) is 12.1 Å². The van der Waals surface area contributed by atoms with Gasteiger partial charge >= 0.3 is 0 Å². The van der Waals surface area contributed by atoms with Crippen LogP contribution in [0.15, 0.2) is 42.7 Å². The molecule has 2 aromatic heterocycles. The van der Waals surface area contributed by atoms with Crippen LogP contribution in [-0.2, 0) is 5.41 Å². The third-order valence-electron chi connectivity index (χ3n) is 3.38. The monoisotopic (exact) mass is 290 g/mol. The summed E-state index contributed by atoms with van der Waals surface area (Å²) in [6.07, 6.45) is 3.65. The van der Waals surface area contributed by atoms with Crippen LogP contribution in [0.4, 0.5) is 5.69 Å². The van der Waals surface area contributed by atoms with E-state index < -0.39 is 0 Å². The fourth-order valence-corrected chi connectivity index (χ4v) is 2.06. The van der Waals surface area contributed by atoms with E-state index in [1.54, 1.807) is 10.7 Å². The first-order valence-corrected chi connectivity index (χ1v) is 7.16. The van der Waals surface area contributed by atoms with Crippen molar-refractivity contribution in [1.29, 1.82) is 0 Å². The minimum atomic E-state index is -0.00195.